The summed E-state index contributed by atoms with van der Waals surface area (Å²) in [5.74, 6) is -0.200. The van der Waals surface area contributed by atoms with Crippen molar-refractivity contribution in [1.82, 2.24) is 10.5 Å². The van der Waals surface area contributed by atoms with Crippen LogP contribution in [0.2, 0.25) is 0 Å². The summed E-state index contributed by atoms with van der Waals surface area (Å²) in [5.41, 5.74) is 1.13. The summed E-state index contributed by atoms with van der Waals surface area (Å²) in [6, 6.07) is 8.40. The highest BCUT2D eigenvalue weighted by molar-refractivity contribution is 6.02. The van der Waals surface area contributed by atoms with Crippen LogP contribution in [0.5, 0.6) is 5.88 Å². The summed E-state index contributed by atoms with van der Waals surface area (Å²) >= 11 is 0. The number of amides is 2. The van der Waals surface area contributed by atoms with Crippen LogP contribution in [0.4, 0.5) is 5.69 Å². The molecule has 3 rings (SSSR count). The number of ether oxygens (including phenoxy) is 1. The average Bonchev–Trinajstić information content (AvgIpc) is 3.23. The molecule has 0 radical (unpaired) electrons. The van der Waals surface area contributed by atoms with Crippen molar-refractivity contribution in [2.45, 2.75) is 25.8 Å². The van der Waals surface area contributed by atoms with Gasteiger partial charge in [0.05, 0.1) is 12.7 Å². The van der Waals surface area contributed by atoms with E-state index in [2.05, 4.69) is 15.8 Å². The third-order valence-corrected chi connectivity index (χ3v) is 3.32. The SMILES string of the molecule is CCOc1cc(C(=O)Nc2ccc(C(=O)NC3CC3)cc2)on1. The van der Waals surface area contributed by atoms with Gasteiger partial charge in [0.1, 0.15) is 0 Å². The number of carbonyl (C=O) groups is 2. The van der Waals surface area contributed by atoms with Crippen molar-refractivity contribution in [3.63, 3.8) is 0 Å². The molecule has 23 heavy (non-hydrogen) atoms. The number of hydrogen-bond acceptors (Lipinski definition) is 5. The van der Waals surface area contributed by atoms with E-state index in [1.807, 2.05) is 6.92 Å². The average molecular weight is 315 g/mol. The van der Waals surface area contributed by atoms with Gasteiger partial charge in [-0.1, -0.05) is 0 Å². The summed E-state index contributed by atoms with van der Waals surface area (Å²) in [6.45, 7) is 2.26. The molecule has 1 aromatic carbocycles. The highest BCUT2D eigenvalue weighted by Gasteiger charge is 2.23. The Balaban J connectivity index is 1.60. The highest BCUT2D eigenvalue weighted by atomic mass is 16.5. The van der Waals surface area contributed by atoms with Crippen LogP contribution in [0.25, 0.3) is 0 Å². The van der Waals surface area contributed by atoms with Crippen molar-refractivity contribution in [3.05, 3.63) is 41.7 Å². The Hall–Kier alpha value is -2.83. The van der Waals surface area contributed by atoms with Crippen LogP contribution in [0, 0.1) is 0 Å². The molecule has 120 valence electrons. The van der Waals surface area contributed by atoms with Gasteiger partial charge in [-0.2, -0.15) is 0 Å². The van der Waals surface area contributed by atoms with Crippen LogP contribution >= 0.6 is 0 Å². The van der Waals surface area contributed by atoms with E-state index < -0.39 is 5.91 Å². The Morgan fingerprint density at radius 3 is 2.65 bits per heavy atom. The van der Waals surface area contributed by atoms with Gasteiger partial charge in [0.25, 0.3) is 17.7 Å². The number of aromatic nitrogens is 1. The first-order valence-corrected chi connectivity index (χ1v) is 7.47. The Bertz CT molecular complexity index is 704. The lowest BCUT2D eigenvalue weighted by Crippen LogP contribution is -2.25. The van der Waals surface area contributed by atoms with Crippen LogP contribution < -0.4 is 15.4 Å². The lowest BCUT2D eigenvalue weighted by molar-refractivity contribution is 0.0950. The maximum absolute atomic E-state index is 12.0. The van der Waals surface area contributed by atoms with Crippen molar-refractivity contribution < 1.29 is 18.8 Å². The van der Waals surface area contributed by atoms with Crippen molar-refractivity contribution in [2.24, 2.45) is 0 Å². The molecule has 2 N–H and O–H groups in total. The Morgan fingerprint density at radius 2 is 2.00 bits per heavy atom. The van der Waals surface area contributed by atoms with E-state index in [0.717, 1.165) is 12.8 Å². The number of benzene rings is 1. The van der Waals surface area contributed by atoms with Gasteiger partial charge in [0.15, 0.2) is 0 Å². The Morgan fingerprint density at radius 1 is 1.26 bits per heavy atom. The van der Waals surface area contributed by atoms with Gasteiger partial charge in [-0.15, -0.1) is 0 Å². The maximum Gasteiger partial charge on any atom is 0.294 e. The fourth-order valence-corrected chi connectivity index (χ4v) is 1.98. The predicted octanol–water partition coefficient (Wildman–Crippen LogP) is 2.22. The first-order chi connectivity index (χ1) is 11.2. The molecule has 0 aliphatic heterocycles. The number of carbonyl (C=O) groups excluding carboxylic acids is 2. The van der Waals surface area contributed by atoms with E-state index in [9.17, 15) is 9.59 Å². The van der Waals surface area contributed by atoms with Crippen LogP contribution in [0.15, 0.2) is 34.9 Å². The molecule has 0 spiro atoms. The van der Waals surface area contributed by atoms with E-state index in [1.165, 1.54) is 6.07 Å². The largest absolute Gasteiger partial charge is 0.476 e. The molecule has 2 aromatic rings. The second-order valence-corrected chi connectivity index (χ2v) is 5.24. The molecule has 1 saturated carbocycles. The lowest BCUT2D eigenvalue weighted by Gasteiger charge is -2.05. The summed E-state index contributed by atoms with van der Waals surface area (Å²) in [5, 5.41) is 9.21. The molecule has 7 nitrogen and oxygen atoms in total. The summed E-state index contributed by atoms with van der Waals surface area (Å²) in [7, 11) is 0. The number of nitrogens with one attached hydrogen (secondary N) is 2. The minimum absolute atomic E-state index is 0.0593. The monoisotopic (exact) mass is 315 g/mol. The summed E-state index contributed by atoms with van der Waals surface area (Å²) in [6.07, 6.45) is 2.08. The zero-order valence-electron chi connectivity index (χ0n) is 12.7. The minimum Gasteiger partial charge on any atom is -0.476 e. The van der Waals surface area contributed by atoms with Gasteiger partial charge in [0.2, 0.25) is 5.76 Å². The summed E-state index contributed by atoms with van der Waals surface area (Å²) < 4.78 is 10.0. The predicted molar refractivity (Wildman–Crippen MR) is 82.6 cm³/mol. The van der Waals surface area contributed by atoms with Crippen molar-refractivity contribution >= 4 is 17.5 Å². The van der Waals surface area contributed by atoms with Crippen LogP contribution in [0.1, 0.15) is 40.7 Å². The highest BCUT2D eigenvalue weighted by Crippen LogP contribution is 2.20. The number of rotatable bonds is 6. The molecule has 0 bridgehead atoms. The van der Waals surface area contributed by atoms with Gasteiger partial charge in [-0.25, -0.2) is 0 Å². The molecular weight excluding hydrogens is 298 g/mol. The molecule has 0 atom stereocenters. The van der Waals surface area contributed by atoms with Crippen LogP contribution in [0.3, 0.4) is 0 Å². The van der Waals surface area contributed by atoms with Crippen molar-refractivity contribution in [2.75, 3.05) is 11.9 Å². The van der Waals surface area contributed by atoms with Gasteiger partial charge in [0, 0.05) is 17.3 Å². The van der Waals surface area contributed by atoms with Crippen molar-refractivity contribution in [1.29, 1.82) is 0 Å². The molecule has 2 amide bonds. The molecule has 0 unspecified atom stereocenters. The minimum atomic E-state index is -0.432. The maximum atomic E-state index is 12.0. The van der Waals surface area contributed by atoms with Crippen LogP contribution in [-0.2, 0) is 0 Å². The second kappa shape index (κ2) is 6.51. The molecule has 1 aliphatic carbocycles. The van der Waals surface area contributed by atoms with Crippen molar-refractivity contribution in [3.8, 4) is 5.88 Å². The topological polar surface area (TPSA) is 93.5 Å². The van der Waals surface area contributed by atoms with Crippen LogP contribution in [-0.4, -0.2) is 29.6 Å². The third-order valence-electron chi connectivity index (χ3n) is 3.32. The first-order valence-electron chi connectivity index (χ1n) is 7.47. The quantitative estimate of drug-likeness (QED) is 0.852. The van der Waals surface area contributed by atoms with E-state index in [4.69, 9.17) is 9.26 Å². The third kappa shape index (κ3) is 3.88. The molecule has 1 aliphatic rings. The molecule has 1 heterocycles. The molecule has 1 aromatic heterocycles. The van der Waals surface area contributed by atoms with Gasteiger partial charge < -0.3 is 19.9 Å². The van der Waals surface area contributed by atoms with Gasteiger partial charge >= 0.3 is 0 Å². The smallest absolute Gasteiger partial charge is 0.294 e. The molecule has 7 heteroatoms. The van der Waals surface area contributed by atoms with E-state index in [1.54, 1.807) is 24.3 Å². The number of nitrogens with zero attached hydrogens (tertiary/aromatic N) is 1. The molecule has 0 saturated heterocycles. The summed E-state index contributed by atoms with van der Waals surface area (Å²) in [4.78, 5) is 23.9. The van der Waals surface area contributed by atoms with E-state index in [0.29, 0.717) is 23.9 Å². The lowest BCUT2D eigenvalue weighted by atomic mass is 10.2. The zero-order valence-corrected chi connectivity index (χ0v) is 12.7. The first kappa shape index (κ1) is 15.1. The number of hydrogen-bond donors (Lipinski definition) is 2. The standard InChI is InChI=1S/C16H17N3O4/c1-2-22-14-9-13(23-19-14)16(21)18-11-5-3-10(4-6-11)15(20)17-12-7-8-12/h3-6,9,12H,2,7-8H2,1H3,(H,17,20)(H,18,21). The van der Waals surface area contributed by atoms with E-state index in [-0.39, 0.29) is 17.5 Å². The zero-order chi connectivity index (χ0) is 16.2. The second-order valence-electron chi connectivity index (χ2n) is 5.24. The fourth-order valence-electron chi connectivity index (χ4n) is 1.98. The normalized spacial score (nSPS) is 13.4. The fraction of sp³-hybridized carbons (Fsp3) is 0.312. The Kier molecular flexibility index (Phi) is 4.27. The molecule has 1 fully saturated rings. The number of anilines is 1. The van der Waals surface area contributed by atoms with E-state index >= 15 is 0 Å². The molecular formula is C16H17N3O4. The Labute approximate surface area is 133 Å². The van der Waals surface area contributed by atoms with Gasteiger partial charge in [-0.3, -0.25) is 9.59 Å². The van der Waals surface area contributed by atoms with Gasteiger partial charge in [-0.05, 0) is 49.2 Å².